The van der Waals surface area contributed by atoms with Crippen LogP contribution in [0.1, 0.15) is 36.5 Å². The van der Waals surface area contributed by atoms with E-state index in [1.807, 2.05) is 24.3 Å². The van der Waals surface area contributed by atoms with Crippen LogP contribution in [0.15, 0.2) is 48.5 Å². The Labute approximate surface area is 188 Å². The average molecular weight is 441 g/mol. The predicted molar refractivity (Wildman–Crippen MR) is 118 cm³/mol. The van der Waals surface area contributed by atoms with Crippen LogP contribution >= 0.6 is 0 Å². The Balaban J connectivity index is 1.87. The van der Waals surface area contributed by atoms with Gasteiger partial charge in [0.2, 0.25) is 17.7 Å². The van der Waals surface area contributed by atoms with Crippen LogP contribution in [0.5, 0.6) is 0 Å². The molecule has 0 aliphatic carbocycles. The minimum absolute atomic E-state index is 0.0676. The van der Waals surface area contributed by atoms with Gasteiger partial charge in [-0.05, 0) is 23.6 Å². The molecule has 3 rings (SSSR count). The van der Waals surface area contributed by atoms with Gasteiger partial charge < -0.3 is 9.64 Å². The van der Waals surface area contributed by atoms with E-state index in [-0.39, 0.29) is 37.5 Å². The highest BCUT2D eigenvalue weighted by Crippen LogP contribution is 2.41. The second-order valence-corrected chi connectivity index (χ2v) is 8.18. The van der Waals surface area contributed by atoms with Crippen LogP contribution in [0.4, 0.5) is 4.39 Å². The fourth-order valence-corrected chi connectivity index (χ4v) is 4.14. The molecule has 7 heteroatoms. The number of ether oxygens (including phenoxy) is 1. The van der Waals surface area contributed by atoms with E-state index in [4.69, 9.17) is 4.74 Å². The van der Waals surface area contributed by atoms with Gasteiger partial charge in [0.25, 0.3) is 0 Å². The molecule has 1 saturated heterocycles. The zero-order chi connectivity index (χ0) is 23.3. The van der Waals surface area contributed by atoms with Crippen LogP contribution in [0.25, 0.3) is 0 Å². The Kier molecular flexibility index (Phi) is 7.40. The maximum Gasteiger partial charge on any atom is 0.241 e. The van der Waals surface area contributed by atoms with Crippen molar-refractivity contribution in [3.8, 4) is 0 Å². The number of carbonyl (C=O) groups is 3. The third kappa shape index (κ3) is 4.72. The molecule has 0 bridgehead atoms. The van der Waals surface area contributed by atoms with Crippen molar-refractivity contribution in [2.75, 3.05) is 27.3 Å². The highest BCUT2D eigenvalue weighted by Gasteiger charge is 2.54. The highest BCUT2D eigenvalue weighted by atomic mass is 19.1. The van der Waals surface area contributed by atoms with Crippen molar-refractivity contribution in [2.24, 2.45) is 0 Å². The van der Waals surface area contributed by atoms with Crippen molar-refractivity contribution in [3.05, 3.63) is 71.0 Å². The first-order chi connectivity index (χ1) is 15.3. The van der Waals surface area contributed by atoms with Crippen LogP contribution < -0.4 is 0 Å². The maximum absolute atomic E-state index is 14.8. The summed E-state index contributed by atoms with van der Waals surface area (Å²) in [5, 5.41) is 0. The van der Waals surface area contributed by atoms with E-state index in [1.165, 1.54) is 35.8 Å². The van der Waals surface area contributed by atoms with Crippen molar-refractivity contribution in [1.82, 2.24) is 9.80 Å². The highest BCUT2D eigenvalue weighted by molar-refractivity contribution is 6.10. The van der Waals surface area contributed by atoms with Crippen molar-refractivity contribution in [2.45, 2.75) is 38.1 Å². The number of imide groups is 1. The number of amides is 3. The van der Waals surface area contributed by atoms with Gasteiger partial charge >= 0.3 is 0 Å². The van der Waals surface area contributed by atoms with Gasteiger partial charge in [0.05, 0.1) is 18.6 Å². The number of carbonyl (C=O) groups excluding carboxylic acids is 3. The molecular weight excluding hydrogens is 411 g/mol. The largest absolute Gasteiger partial charge is 0.383 e. The number of methoxy groups -OCH3 is 1. The SMILES string of the molecule is CCc1ccc(CN(C)C(=O)CC2(c3ccccc3F)CC(=O)N(CCOC)C2=O)cc1. The van der Waals surface area contributed by atoms with Gasteiger partial charge in [-0.25, -0.2) is 4.39 Å². The van der Waals surface area contributed by atoms with E-state index >= 15 is 0 Å². The molecule has 1 fully saturated rings. The number of nitrogens with zero attached hydrogens (tertiary/aromatic N) is 2. The first-order valence-electron chi connectivity index (χ1n) is 10.7. The Morgan fingerprint density at radius 3 is 2.41 bits per heavy atom. The molecule has 0 radical (unpaired) electrons. The molecule has 170 valence electrons. The summed E-state index contributed by atoms with van der Waals surface area (Å²) < 4.78 is 19.8. The molecule has 1 aliphatic rings. The van der Waals surface area contributed by atoms with Gasteiger partial charge in [0, 0.05) is 39.1 Å². The Hall–Kier alpha value is -3.06. The summed E-state index contributed by atoms with van der Waals surface area (Å²) in [6, 6.07) is 13.8. The van der Waals surface area contributed by atoms with Crippen LogP contribution in [0.2, 0.25) is 0 Å². The smallest absolute Gasteiger partial charge is 0.241 e. The molecule has 3 amide bonds. The number of benzene rings is 2. The van der Waals surface area contributed by atoms with Crippen molar-refractivity contribution in [1.29, 1.82) is 0 Å². The fraction of sp³-hybridized carbons (Fsp3) is 0.400. The summed E-state index contributed by atoms with van der Waals surface area (Å²) in [5.41, 5.74) is 0.668. The quantitative estimate of drug-likeness (QED) is 0.562. The average Bonchev–Trinajstić information content (AvgIpc) is 3.02. The third-order valence-corrected chi connectivity index (χ3v) is 6.05. The monoisotopic (exact) mass is 440 g/mol. The normalized spacial score (nSPS) is 18.3. The lowest BCUT2D eigenvalue weighted by Crippen LogP contribution is -2.43. The van der Waals surface area contributed by atoms with E-state index in [9.17, 15) is 18.8 Å². The van der Waals surface area contributed by atoms with Crippen LogP contribution in [0.3, 0.4) is 0 Å². The van der Waals surface area contributed by atoms with Crippen molar-refractivity contribution in [3.63, 3.8) is 0 Å². The number of halogens is 1. The van der Waals surface area contributed by atoms with E-state index in [0.29, 0.717) is 6.54 Å². The molecule has 6 nitrogen and oxygen atoms in total. The molecular formula is C25H29FN2O4. The lowest BCUT2D eigenvalue weighted by Gasteiger charge is -2.29. The summed E-state index contributed by atoms with van der Waals surface area (Å²) in [4.78, 5) is 41.9. The van der Waals surface area contributed by atoms with Crippen LogP contribution in [-0.2, 0) is 37.5 Å². The van der Waals surface area contributed by atoms with Crippen LogP contribution in [0, 0.1) is 5.82 Å². The Morgan fingerprint density at radius 1 is 1.12 bits per heavy atom. The summed E-state index contributed by atoms with van der Waals surface area (Å²) in [6.45, 7) is 2.67. The van der Waals surface area contributed by atoms with E-state index in [2.05, 4.69) is 6.92 Å². The molecule has 0 saturated carbocycles. The molecule has 0 aromatic heterocycles. The van der Waals surface area contributed by atoms with Gasteiger partial charge in [-0.3, -0.25) is 19.3 Å². The van der Waals surface area contributed by atoms with Gasteiger partial charge in [-0.15, -0.1) is 0 Å². The Morgan fingerprint density at radius 2 is 1.78 bits per heavy atom. The molecule has 0 spiro atoms. The summed E-state index contributed by atoms with van der Waals surface area (Å²) in [7, 11) is 3.12. The van der Waals surface area contributed by atoms with E-state index < -0.39 is 23.0 Å². The minimum Gasteiger partial charge on any atom is -0.383 e. The molecule has 32 heavy (non-hydrogen) atoms. The Bertz CT molecular complexity index is 992. The lowest BCUT2D eigenvalue weighted by molar-refractivity contribution is -0.143. The van der Waals surface area contributed by atoms with E-state index in [0.717, 1.165) is 16.9 Å². The number of likely N-dealkylation sites (tertiary alicyclic amines) is 1. The lowest BCUT2D eigenvalue weighted by atomic mass is 9.75. The molecule has 2 aromatic carbocycles. The number of rotatable bonds is 9. The molecule has 0 N–H and O–H groups in total. The minimum atomic E-state index is -1.56. The second kappa shape index (κ2) is 10.0. The summed E-state index contributed by atoms with van der Waals surface area (Å²) in [5.74, 6) is -1.92. The fourth-order valence-electron chi connectivity index (χ4n) is 4.14. The summed E-state index contributed by atoms with van der Waals surface area (Å²) in [6.07, 6.45) is 0.392. The topological polar surface area (TPSA) is 66.9 Å². The second-order valence-electron chi connectivity index (χ2n) is 8.18. The first kappa shape index (κ1) is 23.6. The van der Waals surface area contributed by atoms with Crippen LogP contribution in [-0.4, -0.2) is 54.8 Å². The van der Waals surface area contributed by atoms with Crippen molar-refractivity contribution < 1.29 is 23.5 Å². The van der Waals surface area contributed by atoms with Gasteiger partial charge in [0.15, 0.2) is 0 Å². The molecule has 2 aromatic rings. The van der Waals surface area contributed by atoms with Crippen molar-refractivity contribution >= 4 is 17.7 Å². The predicted octanol–water partition coefficient (Wildman–Crippen LogP) is 3.08. The van der Waals surface area contributed by atoms with Gasteiger partial charge in [0.1, 0.15) is 5.82 Å². The molecule has 1 unspecified atom stereocenters. The summed E-state index contributed by atoms with van der Waals surface area (Å²) >= 11 is 0. The van der Waals surface area contributed by atoms with E-state index in [1.54, 1.807) is 13.1 Å². The molecule has 1 heterocycles. The first-order valence-corrected chi connectivity index (χ1v) is 10.7. The number of hydrogen-bond acceptors (Lipinski definition) is 4. The number of hydrogen-bond donors (Lipinski definition) is 0. The molecule has 1 atom stereocenters. The maximum atomic E-state index is 14.8. The zero-order valence-electron chi connectivity index (χ0n) is 18.8. The van der Waals surface area contributed by atoms with Gasteiger partial charge in [-0.1, -0.05) is 49.4 Å². The van der Waals surface area contributed by atoms with Gasteiger partial charge in [-0.2, -0.15) is 0 Å². The standard InChI is InChI=1S/C25H29FN2O4/c1-4-18-9-11-19(12-10-18)17-27(2)22(29)15-25(20-7-5-6-8-21(20)26)16-23(30)28(24(25)31)13-14-32-3/h5-12H,4,13-17H2,1-3H3. The third-order valence-electron chi connectivity index (χ3n) is 6.05. The number of aryl methyl sites for hydroxylation is 1. The zero-order valence-corrected chi connectivity index (χ0v) is 18.8. The molecule has 1 aliphatic heterocycles.